The molecule has 1 aromatic rings. The molecule has 6 heteroatoms. The third kappa shape index (κ3) is 2.24. The first-order valence-corrected chi connectivity index (χ1v) is 9.13. The van der Waals surface area contributed by atoms with E-state index in [0.717, 1.165) is 6.42 Å². The molecular formula is C20H19FN2O3. The van der Waals surface area contributed by atoms with Crippen LogP contribution in [0, 0.1) is 41.3 Å². The maximum absolute atomic E-state index is 12.9. The number of likely N-dealkylation sites (tertiary alicyclic amines) is 1. The van der Waals surface area contributed by atoms with Crippen LogP contribution in [-0.2, 0) is 14.4 Å². The molecule has 0 radical (unpaired) electrons. The van der Waals surface area contributed by atoms with Crippen molar-refractivity contribution in [3.63, 3.8) is 0 Å². The van der Waals surface area contributed by atoms with Gasteiger partial charge >= 0.3 is 0 Å². The second kappa shape index (κ2) is 5.50. The quantitative estimate of drug-likeness (QED) is 0.666. The third-order valence-electron chi connectivity index (χ3n) is 6.44. The number of carbonyl (C=O) groups excluding carboxylic acids is 3. The van der Waals surface area contributed by atoms with Gasteiger partial charge in [0.2, 0.25) is 17.7 Å². The number of allylic oxidation sites excluding steroid dienone is 2. The highest BCUT2D eigenvalue weighted by molar-refractivity contribution is 6.06. The van der Waals surface area contributed by atoms with Crippen molar-refractivity contribution in [3.05, 3.63) is 42.2 Å². The van der Waals surface area contributed by atoms with Crippen LogP contribution < -0.4 is 5.32 Å². The van der Waals surface area contributed by atoms with Crippen molar-refractivity contribution in [1.82, 2.24) is 4.90 Å². The summed E-state index contributed by atoms with van der Waals surface area (Å²) in [7, 11) is 0. The van der Waals surface area contributed by atoms with E-state index in [1.54, 1.807) is 0 Å². The van der Waals surface area contributed by atoms with Crippen LogP contribution in [-0.4, -0.2) is 29.2 Å². The van der Waals surface area contributed by atoms with Gasteiger partial charge in [0, 0.05) is 18.7 Å². The van der Waals surface area contributed by atoms with Crippen LogP contribution in [0.1, 0.15) is 12.8 Å². The van der Waals surface area contributed by atoms with Crippen molar-refractivity contribution < 1.29 is 18.8 Å². The first kappa shape index (κ1) is 15.7. The van der Waals surface area contributed by atoms with E-state index in [1.807, 2.05) is 0 Å². The molecule has 6 atom stereocenters. The summed E-state index contributed by atoms with van der Waals surface area (Å²) in [5.41, 5.74) is 0.492. The normalized spacial score (nSPS) is 36.1. The van der Waals surface area contributed by atoms with Gasteiger partial charge in [0.15, 0.2) is 0 Å². The number of amides is 3. The Kier molecular flexibility index (Phi) is 3.33. The summed E-state index contributed by atoms with van der Waals surface area (Å²) < 4.78 is 12.9. The molecule has 3 amide bonds. The fourth-order valence-electron chi connectivity index (χ4n) is 5.21. The summed E-state index contributed by atoms with van der Waals surface area (Å²) in [5, 5.41) is 2.66. The van der Waals surface area contributed by atoms with Gasteiger partial charge in [-0.2, -0.15) is 0 Å². The molecule has 1 aliphatic heterocycles. The molecule has 0 unspecified atom stereocenters. The van der Waals surface area contributed by atoms with Crippen LogP contribution in [0.4, 0.5) is 10.1 Å². The molecule has 1 saturated heterocycles. The van der Waals surface area contributed by atoms with E-state index in [-0.39, 0.29) is 60.2 Å². The largest absolute Gasteiger partial charge is 0.326 e. The molecule has 2 saturated carbocycles. The molecule has 0 aromatic heterocycles. The van der Waals surface area contributed by atoms with E-state index in [4.69, 9.17) is 0 Å². The number of hydrogen-bond acceptors (Lipinski definition) is 3. The molecule has 1 N–H and O–H groups in total. The average molecular weight is 354 g/mol. The van der Waals surface area contributed by atoms with Crippen LogP contribution in [0.25, 0.3) is 0 Å². The summed E-state index contributed by atoms with van der Waals surface area (Å²) in [6.45, 7) is 0.104. The number of imide groups is 1. The molecule has 3 fully saturated rings. The lowest BCUT2D eigenvalue weighted by molar-refractivity contribution is -0.140. The van der Waals surface area contributed by atoms with E-state index in [9.17, 15) is 18.8 Å². The first-order valence-electron chi connectivity index (χ1n) is 9.13. The molecule has 5 nitrogen and oxygen atoms in total. The van der Waals surface area contributed by atoms with Crippen LogP contribution in [0.15, 0.2) is 36.4 Å². The molecule has 0 spiro atoms. The van der Waals surface area contributed by atoms with Crippen LogP contribution in [0.3, 0.4) is 0 Å². The van der Waals surface area contributed by atoms with Gasteiger partial charge in [0.05, 0.1) is 11.8 Å². The van der Waals surface area contributed by atoms with Gasteiger partial charge in [-0.1, -0.05) is 12.2 Å². The summed E-state index contributed by atoms with van der Waals surface area (Å²) in [5.74, 6) is 0.209. The van der Waals surface area contributed by atoms with Crippen molar-refractivity contribution in [1.29, 1.82) is 0 Å². The second-order valence-electron chi connectivity index (χ2n) is 7.79. The van der Waals surface area contributed by atoms with Gasteiger partial charge in [0.1, 0.15) is 5.82 Å². The minimum absolute atomic E-state index is 0.0456. The summed E-state index contributed by atoms with van der Waals surface area (Å²) in [6, 6.07) is 5.48. The molecule has 1 heterocycles. The van der Waals surface area contributed by atoms with E-state index >= 15 is 0 Å². The lowest BCUT2D eigenvalue weighted by Gasteiger charge is -2.37. The van der Waals surface area contributed by atoms with E-state index in [1.165, 1.54) is 29.2 Å². The van der Waals surface area contributed by atoms with Crippen LogP contribution in [0.5, 0.6) is 0 Å². The number of anilines is 1. The molecule has 134 valence electrons. The minimum Gasteiger partial charge on any atom is -0.326 e. The summed E-state index contributed by atoms with van der Waals surface area (Å²) >= 11 is 0. The fourth-order valence-corrected chi connectivity index (χ4v) is 5.21. The molecule has 1 aromatic carbocycles. The standard InChI is InChI=1S/C20H19FN2O3/c21-10-1-3-11(4-2-10)22-16(24)7-8-23-19(25)17-12-5-6-13(15-9-14(12)15)18(17)20(23)26/h1-6,12-15,17-18H,7-9H2,(H,22,24)/t12-,13-,14-,15+,17+,18-/m1/s1. The summed E-state index contributed by atoms with van der Waals surface area (Å²) in [6.07, 6.45) is 5.45. The number of hydrogen-bond donors (Lipinski definition) is 1. The lowest BCUT2D eigenvalue weighted by atomic mass is 9.63. The molecule has 26 heavy (non-hydrogen) atoms. The smallest absolute Gasteiger partial charge is 0.233 e. The predicted molar refractivity (Wildman–Crippen MR) is 91.1 cm³/mol. The Labute approximate surface area is 150 Å². The van der Waals surface area contributed by atoms with E-state index in [0.29, 0.717) is 17.5 Å². The number of nitrogens with one attached hydrogen (secondary N) is 1. The highest BCUT2D eigenvalue weighted by Gasteiger charge is 2.66. The maximum atomic E-state index is 12.9. The van der Waals surface area contributed by atoms with Gasteiger partial charge in [-0.3, -0.25) is 19.3 Å². The molecule has 5 aliphatic rings. The predicted octanol–water partition coefficient (Wildman–Crippen LogP) is 2.21. The number of halogens is 1. The number of nitrogens with zero attached hydrogens (tertiary/aromatic N) is 1. The third-order valence-corrected chi connectivity index (χ3v) is 6.44. The molecule has 4 aliphatic carbocycles. The number of rotatable bonds is 4. The van der Waals surface area contributed by atoms with Gasteiger partial charge in [-0.25, -0.2) is 4.39 Å². The highest BCUT2D eigenvalue weighted by atomic mass is 19.1. The Morgan fingerprint density at radius 3 is 2.19 bits per heavy atom. The van der Waals surface area contributed by atoms with E-state index < -0.39 is 0 Å². The topological polar surface area (TPSA) is 66.5 Å². The van der Waals surface area contributed by atoms with Crippen LogP contribution >= 0.6 is 0 Å². The Hall–Kier alpha value is -2.50. The van der Waals surface area contributed by atoms with Crippen LogP contribution in [0.2, 0.25) is 0 Å². The molecule has 2 bridgehead atoms. The minimum atomic E-state index is -0.375. The lowest BCUT2D eigenvalue weighted by Crippen LogP contribution is -2.40. The Morgan fingerprint density at radius 1 is 1.04 bits per heavy atom. The zero-order valence-corrected chi connectivity index (χ0v) is 14.1. The monoisotopic (exact) mass is 354 g/mol. The van der Waals surface area contributed by atoms with Crippen molar-refractivity contribution in [3.8, 4) is 0 Å². The van der Waals surface area contributed by atoms with Gasteiger partial charge < -0.3 is 5.32 Å². The highest BCUT2D eigenvalue weighted by Crippen LogP contribution is 2.65. The average Bonchev–Trinajstić information content (AvgIpc) is 3.41. The van der Waals surface area contributed by atoms with Crippen molar-refractivity contribution >= 4 is 23.4 Å². The zero-order chi connectivity index (χ0) is 18.0. The van der Waals surface area contributed by atoms with Gasteiger partial charge in [0.25, 0.3) is 0 Å². The SMILES string of the molecule is O=C(CCN1C(=O)[C@@H]2[C@@H]3C=C[C@H]([C@H]4C[C@@H]34)[C@@H]2C1=O)Nc1ccc(F)cc1. The molecular weight excluding hydrogens is 335 g/mol. The zero-order valence-electron chi connectivity index (χ0n) is 14.1. The van der Waals surface area contributed by atoms with Gasteiger partial charge in [-0.05, 0) is 54.4 Å². The first-order chi connectivity index (χ1) is 12.5. The second-order valence-corrected chi connectivity index (χ2v) is 7.79. The Morgan fingerprint density at radius 2 is 1.62 bits per heavy atom. The number of carbonyl (C=O) groups is 3. The van der Waals surface area contributed by atoms with Crippen molar-refractivity contribution in [2.45, 2.75) is 12.8 Å². The van der Waals surface area contributed by atoms with Crippen molar-refractivity contribution in [2.75, 3.05) is 11.9 Å². The van der Waals surface area contributed by atoms with Crippen molar-refractivity contribution in [2.24, 2.45) is 35.5 Å². The molecule has 6 rings (SSSR count). The van der Waals surface area contributed by atoms with Gasteiger partial charge in [-0.15, -0.1) is 0 Å². The maximum Gasteiger partial charge on any atom is 0.233 e. The number of benzene rings is 1. The van der Waals surface area contributed by atoms with E-state index in [2.05, 4.69) is 17.5 Å². The fraction of sp³-hybridized carbons (Fsp3) is 0.450. The Bertz CT molecular complexity index is 798. The Balaban J connectivity index is 1.24. The summed E-state index contributed by atoms with van der Waals surface area (Å²) in [4.78, 5) is 39.0.